The highest BCUT2D eigenvalue weighted by Crippen LogP contribution is 2.40. The largest absolute Gasteiger partial charge is 0.746 e. The molecule has 0 aliphatic carbocycles. The molecular formula is C36H52NO7P. The lowest BCUT2D eigenvalue weighted by molar-refractivity contribution is -0.688. The van der Waals surface area contributed by atoms with E-state index in [0.717, 1.165) is 23.3 Å². The van der Waals surface area contributed by atoms with E-state index in [4.69, 9.17) is 23.3 Å². The van der Waals surface area contributed by atoms with E-state index in [1.807, 2.05) is 73.3 Å². The first-order valence-corrected chi connectivity index (χ1v) is 18.0. The molecule has 8 nitrogen and oxygen atoms in total. The lowest BCUT2D eigenvalue weighted by Crippen LogP contribution is -2.32. The van der Waals surface area contributed by atoms with Gasteiger partial charge < -0.3 is 28.2 Å². The smallest absolute Gasteiger partial charge is 0.319 e. The number of phosphoric ester groups is 1. The second-order valence-electron chi connectivity index (χ2n) is 11.3. The minimum absolute atomic E-state index is 0.111. The number of phosphoric acid groups is 1. The predicted octanol–water partition coefficient (Wildman–Crippen LogP) is 7.98. The predicted molar refractivity (Wildman–Crippen MR) is 176 cm³/mol. The number of ether oxygens (including phenoxy) is 3. The zero-order valence-corrected chi connectivity index (χ0v) is 28.3. The minimum atomic E-state index is -4.65. The average molecular weight is 642 g/mol. The van der Waals surface area contributed by atoms with E-state index in [9.17, 15) is 9.46 Å². The molecule has 0 aliphatic heterocycles. The molecule has 0 N–H and O–H groups in total. The van der Waals surface area contributed by atoms with E-state index in [1.54, 1.807) is 18.2 Å². The maximum Gasteiger partial charge on any atom is 0.319 e. The minimum Gasteiger partial charge on any atom is -0.746 e. The Kier molecular flexibility index (Phi) is 17.1. The standard InChI is InChI=1S/C36H52NO7P/c1-4-6-7-8-9-10-11-12-13-17-26-41-35-22-19-23-36(31(35)3)42-29-34(40-5-2)30-43-45(38,39)44-33-21-18-20-32(27-33)28-37-24-15-14-16-25-37/h14-16,18-25,27,34H,4-13,17,26,28-30H2,1-3H3. The van der Waals surface area contributed by atoms with Gasteiger partial charge in [-0.25, -0.2) is 4.57 Å². The van der Waals surface area contributed by atoms with Crippen LogP contribution in [0.15, 0.2) is 73.1 Å². The third-order valence-electron chi connectivity index (χ3n) is 7.49. The van der Waals surface area contributed by atoms with Gasteiger partial charge in [0.05, 0.1) is 13.2 Å². The number of unbranched alkanes of at least 4 members (excludes halogenated alkanes) is 9. The van der Waals surface area contributed by atoms with Gasteiger partial charge in [0, 0.05) is 29.9 Å². The number of hydrogen-bond acceptors (Lipinski definition) is 7. The third kappa shape index (κ3) is 14.8. The Hall–Kier alpha value is -2.90. The lowest BCUT2D eigenvalue weighted by atomic mass is 10.1. The van der Waals surface area contributed by atoms with Crippen molar-refractivity contribution >= 4 is 7.82 Å². The van der Waals surface area contributed by atoms with Crippen LogP contribution < -0.4 is 23.5 Å². The molecule has 3 rings (SSSR count). The third-order valence-corrected chi connectivity index (χ3v) is 8.39. The van der Waals surface area contributed by atoms with Gasteiger partial charge in [0.25, 0.3) is 0 Å². The van der Waals surface area contributed by atoms with Gasteiger partial charge in [0.2, 0.25) is 0 Å². The molecule has 45 heavy (non-hydrogen) atoms. The Morgan fingerprint density at radius 1 is 0.778 bits per heavy atom. The molecule has 0 radical (unpaired) electrons. The van der Waals surface area contributed by atoms with Gasteiger partial charge >= 0.3 is 7.82 Å². The van der Waals surface area contributed by atoms with Gasteiger partial charge in [-0.05, 0) is 44.5 Å². The fourth-order valence-corrected chi connectivity index (χ4v) is 5.80. The number of benzene rings is 2. The van der Waals surface area contributed by atoms with E-state index in [-0.39, 0.29) is 19.0 Å². The zero-order chi connectivity index (χ0) is 32.2. The summed E-state index contributed by atoms with van der Waals surface area (Å²) in [5.74, 6) is 1.64. The first-order chi connectivity index (χ1) is 21.9. The summed E-state index contributed by atoms with van der Waals surface area (Å²) < 4.78 is 42.9. The van der Waals surface area contributed by atoms with Crippen LogP contribution in [0.25, 0.3) is 0 Å². The van der Waals surface area contributed by atoms with E-state index >= 15 is 0 Å². The Labute approximate surface area is 270 Å². The molecule has 2 aromatic carbocycles. The summed E-state index contributed by atoms with van der Waals surface area (Å²) in [5.41, 5.74) is 1.79. The molecule has 3 aromatic rings. The second-order valence-corrected chi connectivity index (χ2v) is 12.7. The van der Waals surface area contributed by atoms with Crippen molar-refractivity contribution in [1.82, 2.24) is 0 Å². The summed E-state index contributed by atoms with van der Waals surface area (Å²) in [4.78, 5) is 12.7. The molecule has 0 saturated carbocycles. The van der Waals surface area contributed by atoms with Crippen molar-refractivity contribution in [3.8, 4) is 17.2 Å². The quantitative estimate of drug-likeness (QED) is 0.0557. The van der Waals surface area contributed by atoms with Crippen LogP contribution in [0.3, 0.4) is 0 Å². The van der Waals surface area contributed by atoms with Crippen LogP contribution in [0, 0.1) is 6.92 Å². The summed E-state index contributed by atoms with van der Waals surface area (Å²) in [7, 11) is -4.65. The molecule has 0 amide bonds. The van der Waals surface area contributed by atoms with Crippen LogP contribution in [-0.2, 0) is 20.4 Å². The van der Waals surface area contributed by atoms with E-state index in [1.165, 1.54) is 57.8 Å². The van der Waals surface area contributed by atoms with Crippen molar-refractivity contribution in [2.75, 3.05) is 26.4 Å². The van der Waals surface area contributed by atoms with Gasteiger partial charge in [-0.15, -0.1) is 0 Å². The lowest BCUT2D eigenvalue weighted by Gasteiger charge is -2.26. The number of hydrogen-bond donors (Lipinski definition) is 0. The summed E-state index contributed by atoms with van der Waals surface area (Å²) >= 11 is 0. The van der Waals surface area contributed by atoms with Gasteiger partial charge in [-0.2, -0.15) is 0 Å². The molecule has 1 heterocycles. The van der Waals surface area contributed by atoms with E-state index < -0.39 is 13.9 Å². The van der Waals surface area contributed by atoms with Crippen LogP contribution in [0.1, 0.15) is 89.2 Å². The molecule has 2 unspecified atom stereocenters. The van der Waals surface area contributed by atoms with Gasteiger partial charge in [0.1, 0.15) is 30.0 Å². The summed E-state index contributed by atoms with van der Waals surface area (Å²) in [6.45, 7) is 7.55. The number of nitrogens with zero attached hydrogens (tertiary/aromatic N) is 1. The van der Waals surface area contributed by atoms with Crippen LogP contribution in [-0.4, -0.2) is 32.5 Å². The maximum absolute atomic E-state index is 12.7. The fraction of sp³-hybridized carbons (Fsp3) is 0.528. The van der Waals surface area contributed by atoms with E-state index in [2.05, 4.69) is 6.92 Å². The molecule has 0 aliphatic rings. The second kappa shape index (κ2) is 21.0. The normalized spacial score (nSPS) is 13.2. The Bertz CT molecular complexity index is 1270. The molecule has 0 fully saturated rings. The van der Waals surface area contributed by atoms with E-state index in [0.29, 0.717) is 25.5 Å². The number of rotatable bonds is 24. The highest BCUT2D eigenvalue weighted by atomic mass is 31.2. The Morgan fingerprint density at radius 3 is 2.11 bits per heavy atom. The first-order valence-electron chi connectivity index (χ1n) is 16.5. The first kappa shape index (κ1) is 36.6. The summed E-state index contributed by atoms with van der Waals surface area (Å²) in [5, 5.41) is 0. The van der Waals surface area contributed by atoms with Crippen LogP contribution in [0.5, 0.6) is 17.2 Å². The van der Waals surface area contributed by atoms with Crippen LogP contribution in [0.4, 0.5) is 0 Å². The average Bonchev–Trinajstić information content (AvgIpc) is 3.03. The zero-order valence-electron chi connectivity index (χ0n) is 27.4. The fourth-order valence-electron chi connectivity index (χ4n) is 5.02. The molecular weight excluding hydrogens is 589 g/mol. The molecule has 0 bridgehead atoms. The molecule has 248 valence electrons. The van der Waals surface area contributed by atoms with Crippen LogP contribution >= 0.6 is 7.82 Å². The van der Waals surface area contributed by atoms with Crippen molar-refractivity contribution in [3.05, 3.63) is 84.2 Å². The van der Waals surface area contributed by atoms with Crippen molar-refractivity contribution < 1.29 is 37.3 Å². The number of aromatic nitrogens is 1. The number of pyridine rings is 1. The molecule has 9 heteroatoms. The van der Waals surface area contributed by atoms with Crippen molar-refractivity contribution in [1.29, 1.82) is 0 Å². The molecule has 2 atom stereocenters. The van der Waals surface area contributed by atoms with Crippen molar-refractivity contribution in [3.63, 3.8) is 0 Å². The maximum atomic E-state index is 12.7. The van der Waals surface area contributed by atoms with Crippen molar-refractivity contribution in [2.24, 2.45) is 0 Å². The highest BCUT2D eigenvalue weighted by molar-refractivity contribution is 7.46. The molecule has 0 spiro atoms. The monoisotopic (exact) mass is 641 g/mol. The van der Waals surface area contributed by atoms with Gasteiger partial charge in [0.15, 0.2) is 18.9 Å². The summed E-state index contributed by atoms with van der Waals surface area (Å²) in [6, 6.07) is 18.5. The summed E-state index contributed by atoms with van der Waals surface area (Å²) in [6.07, 6.45) is 16.1. The van der Waals surface area contributed by atoms with Crippen LogP contribution in [0.2, 0.25) is 0 Å². The highest BCUT2D eigenvalue weighted by Gasteiger charge is 2.19. The Morgan fingerprint density at radius 2 is 1.42 bits per heavy atom. The molecule has 1 aromatic heterocycles. The topological polar surface area (TPSA) is 90.2 Å². The van der Waals surface area contributed by atoms with Gasteiger partial charge in [-0.3, -0.25) is 4.57 Å². The Balaban J connectivity index is 1.41. The van der Waals surface area contributed by atoms with Gasteiger partial charge in [-0.1, -0.05) is 89.0 Å². The molecule has 0 saturated heterocycles. The van der Waals surface area contributed by atoms with Crippen molar-refractivity contribution in [2.45, 2.75) is 97.6 Å². The SMILES string of the molecule is CCCCCCCCCCCCOc1cccc(OCC(COP(=O)([O-])Oc2cccc(C[n+]3ccccc3)c2)OCC)c1C.